The Bertz CT molecular complexity index is 804. The van der Waals surface area contributed by atoms with Gasteiger partial charge >= 0.3 is 0 Å². The Morgan fingerprint density at radius 1 is 1.21 bits per heavy atom. The fraction of sp³-hybridized carbons (Fsp3) is 0.375. The summed E-state index contributed by atoms with van der Waals surface area (Å²) >= 11 is 0. The molecule has 1 aliphatic rings. The highest BCUT2D eigenvalue weighted by Gasteiger charge is 2.19. The van der Waals surface area contributed by atoms with Crippen LogP contribution >= 0.6 is 0 Å². The summed E-state index contributed by atoms with van der Waals surface area (Å²) in [6.45, 7) is 1.98. The minimum absolute atomic E-state index is 0.101. The standard InChI is InChI=1S/C16H20N4O3S/c1-23-14-6-2-3-7-15(14)24(21,22)18-12-13-8-9-17-16(19-13)20-10-4-5-11-20/h2-3,6-9,18H,4-5,10-12H2,1H3. The maximum atomic E-state index is 12.5. The number of hydrogen-bond donors (Lipinski definition) is 1. The van der Waals surface area contributed by atoms with Crippen LogP contribution in [0.25, 0.3) is 0 Å². The zero-order valence-electron chi connectivity index (χ0n) is 13.5. The van der Waals surface area contributed by atoms with Crippen molar-refractivity contribution in [3.63, 3.8) is 0 Å². The molecule has 1 aliphatic heterocycles. The second-order valence-corrected chi connectivity index (χ2v) is 7.25. The molecule has 7 nitrogen and oxygen atoms in total. The molecule has 0 unspecified atom stereocenters. The minimum Gasteiger partial charge on any atom is -0.495 e. The van der Waals surface area contributed by atoms with E-state index in [1.54, 1.807) is 30.5 Å². The molecule has 0 aliphatic carbocycles. The molecule has 0 spiro atoms. The Morgan fingerprint density at radius 3 is 2.71 bits per heavy atom. The molecule has 0 atom stereocenters. The van der Waals surface area contributed by atoms with E-state index in [-0.39, 0.29) is 11.4 Å². The lowest BCUT2D eigenvalue weighted by atomic mass is 10.3. The van der Waals surface area contributed by atoms with Crippen LogP contribution in [0, 0.1) is 0 Å². The van der Waals surface area contributed by atoms with Crippen LogP contribution in [-0.4, -0.2) is 38.6 Å². The first-order valence-electron chi connectivity index (χ1n) is 7.80. The van der Waals surface area contributed by atoms with Gasteiger partial charge in [0.1, 0.15) is 10.6 Å². The number of aromatic nitrogens is 2. The van der Waals surface area contributed by atoms with Gasteiger partial charge in [0.05, 0.1) is 19.3 Å². The third-order valence-corrected chi connectivity index (χ3v) is 5.33. The smallest absolute Gasteiger partial charge is 0.244 e. The molecule has 1 aromatic heterocycles. The number of ether oxygens (including phenoxy) is 1. The van der Waals surface area contributed by atoms with Gasteiger partial charge in [0.2, 0.25) is 16.0 Å². The molecule has 8 heteroatoms. The van der Waals surface area contributed by atoms with Crippen LogP contribution in [0.5, 0.6) is 5.75 Å². The minimum atomic E-state index is -3.68. The molecule has 24 heavy (non-hydrogen) atoms. The van der Waals surface area contributed by atoms with E-state index in [4.69, 9.17) is 4.74 Å². The Balaban J connectivity index is 1.74. The molecule has 3 rings (SSSR count). The van der Waals surface area contributed by atoms with Gasteiger partial charge in [-0.1, -0.05) is 12.1 Å². The molecule has 128 valence electrons. The van der Waals surface area contributed by atoms with E-state index in [2.05, 4.69) is 19.6 Å². The lowest BCUT2D eigenvalue weighted by Crippen LogP contribution is -2.25. The summed E-state index contributed by atoms with van der Waals surface area (Å²) in [6, 6.07) is 8.23. The summed E-state index contributed by atoms with van der Waals surface area (Å²) < 4.78 is 32.6. The molecule has 1 aromatic carbocycles. The predicted octanol–water partition coefficient (Wildman–Crippen LogP) is 1.56. The Hall–Kier alpha value is -2.19. The summed E-state index contributed by atoms with van der Waals surface area (Å²) in [7, 11) is -2.24. The van der Waals surface area contributed by atoms with E-state index in [1.807, 2.05) is 0 Å². The molecule has 1 saturated heterocycles. The summed E-state index contributed by atoms with van der Waals surface area (Å²) in [6.07, 6.45) is 3.93. The fourth-order valence-electron chi connectivity index (χ4n) is 2.64. The van der Waals surface area contributed by atoms with Crippen molar-refractivity contribution >= 4 is 16.0 Å². The maximum absolute atomic E-state index is 12.5. The number of anilines is 1. The molecule has 1 N–H and O–H groups in total. The zero-order chi connectivity index (χ0) is 17.0. The van der Waals surface area contributed by atoms with Gasteiger partial charge in [-0.2, -0.15) is 0 Å². The van der Waals surface area contributed by atoms with E-state index in [0.29, 0.717) is 17.4 Å². The maximum Gasteiger partial charge on any atom is 0.244 e. The second-order valence-electron chi connectivity index (χ2n) is 5.52. The van der Waals surface area contributed by atoms with Crippen LogP contribution in [0.3, 0.4) is 0 Å². The Labute approximate surface area is 141 Å². The van der Waals surface area contributed by atoms with Gasteiger partial charge in [-0.25, -0.2) is 23.1 Å². The first kappa shape index (κ1) is 16.7. The second kappa shape index (κ2) is 7.14. The van der Waals surface area contributed by atoms with Crippen molar-refractivity contribution in [2.75, 3.05) is 25.1 Å². The van der Waals surface area contributed by atoms with E-state index < -0.39 is 10.0 Å². The number of hydrogen-bond acceptors (Lipinski definition) is 6. The third kappa shape index (κ3) is 3.65. The number of para-hydroxylation sites is 1. The first-order valence-corrected chi connectivity index (χ1v) is 9.28. The van der Waals surface area contributed by atoms with Crippen LogP contribution in [0.2, 0.25) is 0 Å². The van der Waals surface area contributed by atoms with Gasteiger partial charge in [0.15, 0.2) is 0 Å². The van der Waals surface area contributed by atoms with Crippen LogP contribution in [0.4, 0.5) is 5.95 Å². The lowest BCUT2D eigenvalue weighted by molar-refractivity contribution is 0.402. The van der Waals surface area contributed by atoms with Gasteiger partial charge in [-0.05, 0) is 31.0 Å². The summed E-state index contributed by atoms with van der Waals surface area (Å²) in [4.78, 5) is 10.9. The van der Waals surface area contributed by atoms with Crippen molar-refractivity contribution in [2.24, 2.45) is 0 Å². The monoisotopic (exact) mass is 348 g/mol. The molecule has 2 heterocycles. The number of benzene rings is 1. The van der Waals surface area contributed by atoms with Gasteiger partial charge in [0, 0.05) is 19.3 Å². The normalized spacial score (nSPS) is 14.8. The first-order chi connectivity index (χ1) is 11.6. The van der Waals surface area contributed by atoms with Crippen LogP contribution in [0.1, 0.15) is 18.5 Å². The molecule has 0 saturated carbocycles. The van der Waals surface area contributed by atoms with Crippen LogP contribution in [0.15, 0.2) is 41.4 Å². The van der Waals surface area contributed by atoms with Crippen molar-refractivity contribution in [1.29, 1.82) is 0 Å². The average molecular weight is 348 g/mol. The van der Waals surface area contributed by atoms with Gasteiger partial charge in [-0.3, -0.25) is 0 Å². The van der Waals surface area contributed by atoms with Crippen LogP contribution < -0.4 is 14.4 Å². The van der Waals surface area contributed by atoms with Crippen molar-refractivity contribution in [3.8, 4) is 5.75 Å². The van der Waals surface area contributed by atoms with Gasteiger partial charge in [-0.15, -0.1) is 0 Å². The van der Waals surface area contributed by atoms with Crippen LogP contribution in [-0.2, 0) is 16.6 Å². The lowest BCUT2D eigenvalue weighted by Gasteiger charge is -2.15. The average Bonchev–Trinajstić information content (AvgIpc) is 3.15. The Kier molecular flexibility index (Phi) is 4.96. The molecule has 1 fully saturated rings. The SMILES string of the molecule is COc1ccccc1S(=O)(=O)NCc1ccnc(N2CCCC2)n1. The van der Waals surface area contributed by atoms with E-state index in [0.717, 1.165) is 25.9 Å². The number of nitrogens with zero attached hydrogens (tertiary/aromatic N) is 3. The van der Waals surface area contributed by atoms with Crippen molar-refractivity contribution in [2.45, 2.75) is 24.3 Å². The van der Waals surface area contributed by atoms with Crippen molar-refractivity contribution < 1.29 is 13.2 Å². The molecule has 0 bridgehead atoms. The molecule has 0 radical (unpaired) electrons. The van der Waals surface area contributed by atoms with Crippen molar-refractivity contribution in [1.82, 2.24) is 14.7 Å². The highest BCUT2D eigenvalue weighted by molar-refractivity contribution is 7.89. The molecular weight excluding hydrogens is 328 g/mol. The molecule has 0 amide bonds. The number of rotatable bonds is 6. The van der Waals surface area contributed by atoms with Gasteiger partial charge in [0.25, 0.3) is 0 Å². The van der Waals surface area contributed by atoms with E-state index in [9.17, 15) is 8.42 Å². The van der Waals surface area contributed by atoms with E-state index in [1.165, 1.54) is 13.2 Å². The zero-order valence-corrected chi connectivity index (χ0v) is 14.3. The highest BCUT2D eigenvalue weighted by atomic mass is 32.2. The quantitative estimate of drug-likeness (QED) is 0.853. The highest BCUT2D eigenvalue weighted by Crippen LogP contribution is 2.22. The predicted molar refractivity (Wildman–Crippen MR) is 90.5 cm³/mol. The third-order valence-electron chi connectivity index (χ3n) is 3.89. The Morgan fingerprint density at radius 2 is 1.96 bits per heavy atom. The number of sulfonamides is 1. The number of methoxy groups -OCH3 is 1. The number of nitrogens with one attached hydrogen (secondary N) is 1. The summed E-state index contributed by atoms with van der Waals surface area (Å²) in [5, 5.41) is 0. The van der Waals surface area contributed by atoms with Crippen molar-refractivity contribution in [3.05, 3.63) is 42.2 Å². The molecular formula is C16H20N4O3S. The summed E-state index contributed by atoms with van der Waals surface area (Å²) in [5.41, 5.74) is 0.630. The van der Waals surface area contributed by atoms with Gasteiger partial charge < -0.3 is 9.64 Å². The topological polar surface area (TPSA) is 84.4 Å². The molecule has 2 aromatic rings. The van der Waals surface area contributed by atoms with E-state index >= 15 is 0 Å². The largest absolute Gasteiger partial charge is 0.495 e. The summed E-state index contributed by atoms with van der Waals surface area (Å²) in [5.74, 6) is 0.965. The fourth-order valence-corrected chi connectivity index (χ4v) is 3.81.